The lowest BCUT2D eigenvalue weighted by Crippen LogP contribution is -2.40. The number of benzene rings is 1. The summed E-state index contributed by atoms with van der Waals surface area (Å²) in [5.41, 5.74) is 0.225. The summed E-state index contributed by atoms with van der Waals surface area (Å²) in [5, 5.41) is 19.7. The second-order valence-corrected chi connectivity index (χ2v) is 6.32. The fourth-order valence-electron chi connectivity index (χ4n) is 3.47. The number of carbonyl (C=O) groups is 1. The monoisotopic (exact) mass is 291 g/mol. The predicted octanol–water partition coefficient (Wildman–Crippen LogP) is 3.28. The Kier molecular flexibility index (Phi) is 4.57. The third kappa shape index (κ3) is 2.77. The van der Waals surface area contributed by atoms with Gasteiger partial charge in [-0.05, 0) is 31.4 Å². The number of rotatable bonds is 5. The first-order valence-electron chi connectivity index (χ1n) is 7.67. The lowest BCUT2D eigenvalue weighted by atomic mass is 9.76. The van der Waals surface area contributed by atoms with Crippen molar-refractivity contribution >= 4 is 5.97 Å². The van der Waals surface area contributed by atoms with Gasteiger partial charge in [-0.1, -0.05) is 39.0 Å². The molecule has 21 heavy (non-hydrogen) atoms. The van der Waals surface area contributed by atoms with Crippen LogP contribution < -0.4 is 0 Å². The van der Waals surface area contributed by atoms with E-state index >= 15 is 0 Å². The summed E-state index contributed by atoms with van der Waals surface area (Å²) in [4.78, 5) is 14.0. The number of carboxylic acids is 1. The van der Waals surface area contributed by atoms with Crippen molar-refractivity contribution in [3.05, 3.63) is 29.8 Å². The molecule has 1 saturated heterocycles. The van der Waals surface area contributed by atoms with Crippen LogP contribution in [0.2, 0.25) is 0 Å². The minimum atomic E-state index is -0.702. The number of aromatic hydroxyl groups is 1. The first-order chi connectivity index (χ1) is 9.92. The summed E-state index contributed by atoms with van der Waals surface area (Å²) in [7, 11) is 0. The van der Waals surface area contributed by atoms with Gasteiger partial charge in [-0.25, -0.2) is 0 Å². The zero-order valence-electron chi connectivity index (χ0n) is 13.0. The Bertz CT molecular complexity index is 515. The number of phenols is 1. The normalized spacial score (nSPS) is 24.4. The third-order valence-electron chi connectivity index (χ3n) is 4.98. The summed E-state index contributed by atoms with van der Waals surface area (Å²) in [6, 6.07) is 7.43. The van der Waals surface area contributed by atoms with Gasteiger partial charge in [-0.3, -0.25) is 9.69 Å². The SMILES string of the molecule is CCC(c1ccccc1O)N1CCC(C(=O)O)(C(C)C)C1. The average molecular weight is 291 g/mol. The first-order valence-corrected chi connectivity index (χ1v) is 7.67. The van der Waals surface area contributed by atoms with E-state index in [0.717, 1.165) is 18.5 Å². The molecule has 1 aromatic rings. The largest absolute Gasteiger partial charge is 0.508 e. The van der Waals surface area contributed by atoms with E-state index in [0.29, 0.717) is 18.7 Å². The van der Waals surface area contributed by atoms with Gasteiger partial charge in [0.25, 0.3) is 0 Å². The van der Waals surface area contributed by atoms with Crippen LogP contribution in [0.5, 0.6) is 5.75 Å². The van der Waals surface area contributed by atoms with Crippen LogP contribution in [0.25, 0.3) is 0 Å². The maximum atomic E-state index is 11.7. The highest BCUT2D eigenvalue weighted by molar-refractivity contribution is 5.75. The minimum absolute atomic E-state index is 0.0752. The van der Waals surface area contributed by atoms with Crippen molar-refractivity contribution in [3.63, 3.8) is 0 Å². The van der Waals surface area contributed by atoms with E-state index in [2.05, 4.69) is 11.8 Å². The number of aliphatic carboxylic acids is 1. The molecule has 1 heterocycles. The van der Waals surface area contributed by atoms with Gasteiger partial charge in [-0.15, -0.1) is 0 Å². The molecule has 2 unspecified atom stereocenters. The lowest BCUT2D eigenvalue weighted by Gasteiger charge is -2.32. The van der Waals surface area contributed by atoms with Gasteiger partial charge in [0, 0.05) is 18.2 Å². The summed E-state index contributed by atoms with van der Waals surface area (Å²) in [6.45, 7) is 7.36. The van der Waals surface area contributed by atoms with Gasteiger partial charge in [0.2, 0.25) is 0 Å². The van der Waals surface area contributed by atoms with Crippen molar-refractivity contribution in [1.82, 2.24) is 4.90 Å². The van der Waals surface area contributed by atoms with Crippen molar-refractivity contribution in [3.8, 4) is 5.75 Å². The van der Waals surface area contributed by atoms with Crippen molar-refractivity contribution in [1.29, 1.82) is 0 Å². The number of carboxylic acid groups (broad SMARTS) is 1. The Hall–Kier alpha value is -1.55. The van der Waals surface area contributed by atoms with E-state index in [1.165, 1.54) is 0 Å². The topological polar surface area (TPSA) is 60.8 Å². The predicted molar refractivity (Wildman–Crippen MR) is 82.2 cm³/mol. The molecule has 0 radical (unpaired) electrons. The number of hydrogen-bond donors (Lipinski definition) is 2. The van der Waals surface area contributed by atoms with Gasteiger partial charge in [0.15, 0.2) is 0 Å². The standard InChI is InChI=1S/C17H25NO3/c1-4-14(13-7-5-6-8-15(13)19)18-10-9-17(11-18,12(2)3)16(20)21/h5-8,12,14,19H,4,9-11H2,1-3H3,(H,20,21). The van der Waals surface area contributed by atoms with Crippen molar-refractivity contribution < 1.29 is 15.0 Å². The van der Waals surface area contributed by atoms with E-state index in [9.17, 15) is 15.0 Å². The van der Waals surface area contributed by atoms with Crippen LogP contribution in [-0.2, 0) is 4.79 Å². The zero-order valence-corrected chi connectivity index (χ0v) is 13.0. The summed E-state index contributed by atoms with van der Waals surface area (Å²) >= 11 is 0. The van der Waals surface area contributed by atoms with Crippen LogP contribution in [0, 0.1) is 11.3 Å². The Morgan fingerprint density at radius 1 is 1.38 bits per heavy atom. The van der Waals surface area contributed by atoms with Gasteiger partial charge >= 0.3 is 5.97 Å². The lowest BCUT2D eigenvalue weighted by molar-refractivity contribution is -0.151. The first kappa shape index (κ1) is 15.8. The molecule has 0 spiro atoms. The molecular weight excluding hydrogens is 266 g/mol. The number of likely N-dealkylation sites (tertiary alicyclic amines) is 1. The van der Waals surface area contributed by atoms with Gasteiger partial charge < -0.3 is 10.2 Å². The number of nitrogens with zero attached hydrogens (tertiary/aromatic N) is 1. The molecule has 0 saturated carbocycles. The van der Waals surface area contributed by atoms with Crippen LogP contribution in [0.4, 0.5) is 0 Å². The van der Waals surface area contributed by atoms with E-state index in [4.69, 9.17) is 0 Å². The highest BCUT2D eigenvalue weighted by Crippen LogP contribution is 2.43. The highest BCUT2D eigenvalue weighted by atomic mass is 16.4. The van der Waals surface area contributed by atoms with E-state index in [-0.39, 0.29) is 12.0 Å². The second kappa shape index (κ2) is 6.06. The summed E-state index contributed by atoms with van der Waals surface area (Å²) < 4.78 is 0. The molecular formula is C17H25NO3. The third-order valence-corrected chi connectivity index (χ3v) is 4.98. The summed E-state index contributed by atoms with van der Waals surface area (Å²) in [6.07, 6.45) is 1.52. The van der Waals surface area contributed by atoms with Crippen molar-refractivity contribution in [2.75, 3.05) is 13.1 Å². The fourth-order valence-corrected chi connectivity index (χ4v) is 3.47. The molecule has 4 nitrogen and oxygen atoms in total. The molecule has 2 atom stereocenters. The van der Waals surface area contributed by atoms with Crippen LogP contribution in [-0.4, -0.2) is 34.2 Å². The Balaban J connectivity index is 2.26. The van der Waals surface area contributed by atoms with Crippen molar-refractivity contribution in [2.24, 2.45) is 11.3 Å². The Morgan fingerprint density at radius 3 is 2.52 bits per heavy atom. The maximum absolute atomic E-state index is 11.7. The Labute approximate surface area is 126 Å². The van der Waals surface area contributed by atoms with Crippen LogP contribution in [0.3, 0.4) is 0 Å². The molecule has 1 aliphatic heterocycles. The van der Waals surface area contributed by atoms with Crippen LogP contribution >= 0.6 is 0 Å². The van der Waals surface area contributed by atoms with E-state index < -0.39 is 11.4 Å². The fraction of sp³-hybridized carbons (Fsp3) is 0.588. The van der Waals surface area contributed by atoms with E-state index in [1.807, 2.05) is 32.0 Å². The van der Waals surface area contributed by atoms with Crippen LogP contribution in [0.15, 0.2) is 24.3 Å². The quantitative estimate of drug-likeness (QED) is 0.874. The molecule has 0 bridgehead atoms. The molecule has 1 aromatic carbocycles. The zero-order chi connectivity index (χ0) is 15.6. The molecule has 1 aliphatic rings. The molecule has 0 aromatic heterocycles. The van der Waals surface area contributed by atoms with Crippen molar-refractivity contribution in [2.45, 2.75) is 39.7 Å². The highest BCUT2D eigenvalue weighted by Gasteiger charge is 2.48. The molecule has 0 aliphatic carbocycles. The van der Waals surface area contributed by atoms with Gasteiger partial charge in [0.1, 0.15) is 5.75 Å². The molecule has 0 amide bonds. The molecule has 4 heteroatoms. The van der Waals surface area contributed by atoms with Gasteiger partial charge in [-0.2, -0.15) is 0 Å². The molecule has 116 valence electrons. The number of hydrogen-bond acceptors (Lipinski definition) is 3. The average Bonchev–Trinajstić information content (AvgIpc) is 2.88. The minimum Gasteiger partial charge on any atom is -0.508 e. The number of para-hydroxylation sites is 1. The maximum Gasteiger partial charge on any atom is 0.311 e. The summed E-state index contributed by atoms with van der Waals surface area (Å²) in [5.74, 6) is -0.310. The number of phenolic OH excluding ortho intramolecular Hbond substituents is 1. The van der Waals surface area contributed by atoms with Gasteiger partial charge in [0.05, 0.1) is 5.41 Å². The van der Waals surface area contributed by atoms with E-state index in [1.54, 1.807) is 6.07 Å². The second-order valence-electron chi connectivity index (χ2n) is 6.32. The smallest absolute Gasteiger partial charge is 0.311 e. The molecule has 2 rings (SSSR count). The molecule has 1 fully saturated rings. The molecule has 2 N–H and O–H groups in total. The Morgan fingerprint density at radius 2 is 2.05 bits per heavy atom. The van der Waals surface area contributed by atoms with Crippen LogP contribution in [0.1, 0.15) is 45.2 Å².